The summed E-state index contributed by atoms with van der Waals surface area (Å²) < 4.78 is 0. The molecular formula is C12H19NO3. The number of likely N-dealkylation sites (tertiary alicyclic amines) is 1. The maximum Gasteiger partial charge on any atom is 0.326 e. The van der Waals surface area contributed by atoms with Crippen LogP contribution in [0.15, 0.2) is 0 Å². The Morgan fingerprint density at radius 3 is 2.69 bits per heavy atom. The standard InChI is InChI=1S/C12H19NO3/c1-3-12(2)7-8(12)10(14)13-6-4-5-9(13)11(15)16/h8-9H,3-7H2,1-2H3,(H,15,16). The molecule has 2 rings (SSSR count). The number of carbonyl (C=O) groups is 2. The first-order chi connectivity index (χ1) is 7.49. The van der Waals surface area contributed by atoms with Crippen molar-refractivity contribution in [3.8, 4) is 0 Å². The van der Waals surface area contributed by atoms with Crippen molar-refractivity contribution in [2.24, 2.45) is 11.3 Å². The third-order valence-corrected chi connectivity index (χ3v) is 4.28. The van der Waals surface area contributed by atoms with Crippen LogP contribution < -0.4 is 0 Å². The number of carboxylic acids is 1. The van der Waals surface area contributed by atoms with E-state index in [4.69, 9.17) is 5.11 Å². The summed E-state index contributed by atoms with van der Waals surface area (Å²) in [5.74, 6) is -0.726. The van der Waals surface area contributed by atoms with Crippen molar-refractivity contribution >= 4 is 11.9 Å². The van der Waals surface area contributed by atoms with Gasteiger partial charge >= 0.3 is 5.97 Å². The average molecular weight is 225 g/mol. The highest BCUT2D eigenvalue weighted by molar-refractivity contribution is 5.87. The second kappa shape index (κ2) is 3.75. The van der Waals surface area contributed by atoms with Gasteiger partial charge in [0.2, 0.25) is 5.91 Å². The number of carboxylic acid groups (broad SMARTS) is 1. The van der Waals surface area contributed by atoms with Crippen molar-refractivity contribution in [2.75, 3.05) is 6.54 Å². The van der Waals surface area contributed by atoms with E-state index in [-0.39, 0.29) is 17.2 Å². The predicted octanol–water partition coefficient (Wildman–Crippen LogP) is 1.50. The molecule has 1 heterocycles. The van der Waals surface area contributed by atoms with Gasteiger partial charge in [-0.3, -0.25) is 4.79 Å². The van der Waals surface area contributed by atoms with Crippen LogP contribution in [0.2, 0.25) is 0 Å². The summed E-state index contributed by atoms with van der Waals surface area (Å²) in [6, 6.07) is -0.575. The van der Waals surface area contributed by atoms with E-state index in [1.807, 2.05) is 0 Å². The molecule has 16 heavy (non-hydrogen) atoms. The van der Waals surface area contributed by atoms with Crippen LogP contribution in [0.25, 0.3) is 0 Å². The number of hydrogen-bond acceptors (Lipinski definition) is 2. The van der Waals surface area contributed by atoms with Crippen LogP contribution >= 0.6 is 0 Å². The van der Waals surface area contributed by atoms with Crippen molar-refractivity contribution < 1.29 is 14.7 Å². The van der Waals surface area contributed by atoms with Crippen molar-refractivity contribution in [2.45, 2.75) is 45.6 Å². The molecule has 1 amide bonds. The fourth-order valence-electron chi connectivity index (χ4n) is 2.67. The maximum atomic E-state index is 12.2. The maximum absolute atomic E-state index is 12.2. The molecule has 0 aromatic carbocycles. The highest BCUT2D eigenvalue weighted by Gasteiger charge is 2.55. The molecule has 4 nitrogen and oxygen atoms in total. The van der Waals surface area contributed by atoms with E-state index >= 15 is 0 Å². The monoisotopic (exact) mass is 225 g/mol. The Labute approximate surface area is 95.6 Å². The number of rotatable bonds is 3. The highest BCUT2D eigenvalue weighted by atomic mass is 16.4. The van der Waals surface area contributed by atoms with Crippen LogP contribution in [-0.2, 0) is 9.59 Å². The largest absolute Gasteiger partial charge is 0.480 e. The minimum absolute atomic E-state index is 0.0641. The predicted molar refractivity (Wildman–Crippen MR) is 58.9 cm³/mol. The van der Waals surface area contributed by atoms with Gasteiger partial charge in [0.25, 0.3) is 0 Å². The van der Waals surface area contributed by atoms with E-state index in [0.717, 1.165) is 19.3 Å². The number of aliphatic carboxylic acids is 1. The molecule has 4 heteroatoms. The molecule has 0 aromatic rings. The Balaban J connectivity index is 2.03. The first-order valence-corrected chi connectivity index (χ1v) is 6.03. The van der Waals surface area contributed by atoms with Crippen LogP contribution in [0.5, 0.6) is 0 Å². The highest BCUT2D eigenvalue weighted by Crippen LogP contribution is 2.55. The molecule has 1 aliphatic carbocycles. The van der Waals surface area contributed by atoms with Crippen LogP contribution in [-0.4, -0.2) is 34.5 Å². The van der Waals surface area contributed by atoms with E-state index in [9.17, 15) is 9.59 Å². The summed E-state index contributed by atoms with van der Waals surface area (Å²) >= 11 is 0. The molecule has 0 aromatic heterocycles. The summed E-state index contributed by atoms with van der Waals surface area (Å²) in [5.41, 5.74) is 0.128. The second-order valence-corrected chi connectivity index (χ2v) is 5.29. The zero-order valence-corrected chi connectivity index (χ0v) is 9.90. The fraction of sp³-hybridized carbons (Fsp3) is 0.833. The van der Waals surface area contributed by atoms with Crippen molar-refractivity contribution in [3.63, 3.8) is 0 Å². The lowest BCUT2D eigenvalue weighted by atomic mass is 10.0. The van der Waals surface area contributed by atoms with Gasteiger partial charge in [0, 0.05) is 12.5 Å². The minimum Gasteiger partial charge on any atom is -0.480 e. The number of nitrogens with zero attached hydrogens (tertiary/aromatic N) is 1. The number of amides is 1. The lowest BCUT2D eigenvalue weighted by molar-refractivity contribution is -0.149. The van der Waals surface area contributed by atoms with Crippen LogP contribution in [0.4, 0.5) is 0 Å². The molecule has 1 saturated carbocycles. The summed E-state index contributed by atoms with van der Waals surface area (Å²) in [4.78, 5) is 24.7. The topological polar surface area (TPSA) is 57.6 Å². The van der Waals surface area contributed by atoms with E-state index in [0.29, 0.717) is 13.0 Å². The second-order valence-electron chi connectivity index (χ2n) is 5.29. The normalized spacial score (nSPS) is 37.5. The summed E-state index contributed by atoms with van der Waals surface area (Å²) in [7, 11) is 0. The van der Waals surface area contributed by atoms with E-state index in [1.54, 1.807) is 4.90 Å². The van der Waals surface area contributed by atoms with Crippen molar-refractivity contribution in [1.82, 2.24) is 4.90 Å². The Kier molecular flexibility index (Phi) is 2.68. The zero-order chi connectivity index (χ0) is 11.9. The molecule has 1 N–H and O–H groups in total. The van der Waals surface area contributed by atoms with Gasteiger partial charge < -0.3 is 10.0 Å². The van der Waals surface area contributed by atoms with Gasteiger partial charge in [0.1, 0.15) is 6.04 Å². The van der Waals surface area contributed by atoms with Crippen LogP contribution in [0.3, 0.4) is 0 Å². The Morgan fingerprint density at radius 1 is 1.50 bits per heavy atom. The Morgan fingerprint density at radius 2 is 2.19 bits per heavy atom. The van der Waals surface area contributed by atoms with Crippen molar-refractivity contribution in [1.29, 1.82) is 0 Å². The Hall–Kier alpha value is -1.06. The van der Waals surface area contributed by atoms with Gasteiger partial charge in [-0.1, -0.05) is 13.8 Å². The molecule has 3 unspecified atom stereocenters. The summed E-state index contributed by atoms with van der Waals surface area (Å²) in [5, 5.41) is 9.03. The molecule has 3 atom stereocenters. The average Bonchev–Trinajstić information content (AvgIpc) is 2.74. The SMILES string of the molecule is CCC1(C)CC1C(=O)N1CCCC1C(=O)O. The summed E-state index contributed by atoms with van der Waals surface area (Å²) in [6.07, 6.45) is 3.34. The Bertz CT molecular complexity index is 328. The van der Waals surface area contributed by atoms with E-state index in [2.05, 4.69) is 13.8 Å². The first-order valence-electron chi connectivity index (χ1n) is 6.03. The third kappa shape index (κ3) is 1.70. The van der Waals surface area contributed by atoms with Gasteiger partial charge in [0.15, 0.2) is 0 Å². The molecule has 1 aliphatic heterocycles. The number of hydrogen-bond donors (Lipinski definition) is 1. The molecule has 0 spiro atoms. The van der Waals surface area contributed by atoms with Gasteiger partial charge in [0.05, 0.1) is 0 Å². The lowest BCUT2D eigenvalue weighted by Gasteiger charge is -2.22. The molecule has 1 saturated heterocycles. The molecule has 2 aliphatic rings. The van der Waals surface area contributed by atoms with Crippen LogP contribution in [0.1, 0.15) is 39.5 Å². The smallest absolute Gasteiger partial charge is 0.326 e. The zero-order valence-electron chi connectivity index (χ0n) is 9.90. The van der Waals surface area contributed by atoms with E-state index < -0.39 is 12.0 Å². The van der Waals surface area contributed by atoms with Gasteiger partial charge in [-0.05, 0) is 31.1 Å². The first kappa shape index (κ1) is 11.4. The lowest BCUT2D eigenvalue weighted by Crippen LogP contribution is -2.41. The van der Waals surface area contributed by atoms with Crippen LogP contribution in [0, 0.1) is 11.3 Å². The van der Waals surface area contributed by atoms with Crippen molar-refractivity contribution in [3.05, 3.63) is 0 Å². The third-order valence-electron chi connectivity index (χ3n) is 4.28. The van der Waals surface area contributed by atoms with Gasteiger partial charge in [-0.15, -0.1) is 0 Å². The van der Waals surface area contributed by atoms with Gasteiger partial charge in [-0.2, -0.15) is 0 Å². The summed E-state index contributed by atoms with van der Waals surface area (Å²) in [6.45, 7) is 4.82. The van der Waals surface area contributed by atoms with E-state index in [1.165, 1.54) is 0 Å². The molecule has 90 valence electrons. The fourth-order valence-corrected chi connectivity index (χ4v) is 2.67. The molecule has 0 bridgehead atoms. The molecule has 0 radical (unpaired) electrons. The molecular weight excluding hydrogens is 206 g/mol. The van der Waals surface area contributed by atoms with Gasteiger partial charge in [-0.25, -0.2) is 4.79 Å². The quantitative estimate of drug-likeness (QED) is 0.791. The number of carbonyl (C=O) groups excluding carboxylic acids is 1. The molecule has 2 fully saturated rings. The minimum atomic E-state index is -0.857.